The number of fused-ring (bicyclic) bond motifs is 1. The van der Waals surface area contributed by atoms with Crippen molar-refractivity contribution in [2.75, 3.05) is 6.54 Å². The molecule has 7 nitrogen and oxygen atoms in total. The van der Waals surface area contributed by atoms with Gasteiger partial charge < -0.3 is 19.2 Å². The molecule has 4 heterocycles. The van der Waals surface area contributed by atoms with E-state index in [0.29, 0.717) is 27.4 Å². The van der Waals surface area contributed by atoms with Crippen molar-refractivity contribution in [2.24, 2.45) is 0 Å². The fraction of sp³-hybridized carbons (Fsp3) is 0.267. The molecule has 0 saturated heterocycles. The van der Waals surface area contributed by atoms with Gasteiger partial charge in [0, 0.05) is 31.3 Å². The number of hydrogen-bond donors (Lipinski definition) is 2. The van der Waals surface area contributed by atoms with Crippen LogP contribution in [0.5, 0.6) is 0 Å². The van der Waals surface area contributed by atoms with Crippen LogP contribution in [0.2, 0.25) is 0 Å². The average molecular weight is 377 g/mol. The van der Waals surface area contributed by atoms with E-state index in [9.17, 15) is 4.79 Å². The molecule has 0 saturated carbocycles. The third-order valence-electron chi connectivity index (χ3n) is 3.87. The van der Waals surface area contributed by atoms with Gasteiger partial charge in [0.05, 0.1) is 11.1 Å². The molecule has 118 valence electrons. The van der Waals surface area contributed by atoms with Gasteiger partial charge in [0.15, 0.2) is 4.67 Å². The topological polar surface area (TPSA) is 97.0 Å². The average Bonchev–Trinajstić information content (AvgIpc) is 3.13. The molecule has 0 fully saturated rings. The number of aromatic amines is 1. The van der Waals surface area contributed by atoms with Gasteiger partial charge in [-0.1, -0.05) is 5.16 Å². The summed E-state index contributed by atoms with van der Waals surface area (Å²) in [4.78, 5) is 19.5. The van der Waals surface area contributed by atoms with E-state index in [2.05, 4.69) is 36.4 Å². The van der Waals surface area contributed by atoms with E-state index < -0.39 is 0 Å². The zero-order chi connectivity index (χ0) is 16.0. The van der Waals surface area contributed by atoms with E-state index in [4.69, 9.17) is 8.94 Å². The Hall–Kier alpha value is -2.19. The number of nitrogens with zero attached hydrogens (tertiary/aromatic N) is 2. The minimum absolute atomic E-state index is 0.205. The van der Waals surface area contributed by atoms with Crippen LogP contribution < -0.4 is 10.9 Å². The van der Waals surface area contributed by atoms with E-state index in [-0.39, 0.29) is 11.4 Å². The summed E-state index contributed by atoms with van der Waals surface area (Å²) in [5, 5.41) is 7.22. The van der Waals surface area contributed by atoms with E-state index in [1.165, 1.54) is 0 Å². The molecule has 1 aliphatic rings. The summed E-state index contributed by atoms with van der Waals surface area (Å²) in [6, 6.07) is 3.58. The zero-order valence-electron chi connectivity index (χ0n) is 12.3. The van der Waals surface area contributed by atoms with Crippen LogP contribution in [-0.4, -0.2) is 21.7 Å². The van der Waals surface area contributed by atoms with Crippen molar-refractivity contribution >= 4 is 15.9 Å². The normalized spacial score (nSPS) is 14.0. The van der Waals surface area contributed by atoms with Crippen molar-refractivity contribution in [2.45, 2.75) is 19.9 Å². The van der Waals surface area contributed by atoms with Gasteiger partial charge in [0.25, 0.3) is 11.4 Å². The number of hydrogen-bond acceptors (Lipinski definition) is 6. The Morgan fingerprint density at radius 1 is 1.30 bits per heavy atom. The maximum absolute atomic E-state index is 12.3. The minimum Gasteiger partial charge on any atom is -0.454 e. The fourth-order valence-corrected chi connectivity index (χ4v) is 3.17. The van der Waals surface area contributed by atoms with Gasteiger partial charge in [0.2, 0.25) is 5.82 Å². The Labute approximate surface area is 139 Å². The van der Waals surface area contributed by atoms with Crippen LogP contribution >= 0.6 is 15.9 Å². The van der Waals surface area contributed by atoms with Crippen LogP contribution in [0.3, 0.4) is 0 Å². The van der Waals surface area contributed by atoms with Crippen molar-refractivity contribution in [3.63, 3.8) is 0 Å². The van der Waals surface area contributed by atoms with Gasteiger partial charge in [0.1, 0.15) is 5.76 Å². The van der Waals surface area contributed by atoms with E-state index in [1.807, 2.05) is 6.07 Å². The molecule has 0 unspecified atom stereocenters. The number of H-pyrrole nitrogens is 1. The lowest BCUT2D eigenvalue weighted by molar-refractivity contribution is 0.430. The highest BCUT2D eigenvalue weighted by atomic mass is 79.9. The highest BCUT2D eigenvalue weighted by Crippen LogP contribution is 2.29. The first-order valence-electron chi connectivity index (χ1n) is 7.18. The predicted octanol–water partition coefficient (Wildman–Crippen LogP) is 2.40. The summed E-state index contributed by atoms with van der Waals surface area (Å²) in [7, 11) is 0. The smallest absolute Gasteiger partial charge is 0.261 e. The predicted molar refractivity (Wildman–Crippen MR) is 85.9 cm³/mol. The number of furan rings is 1. The summed E-state index contributed by atoms with van der Waals surface area (Å²) in [5.74, 6) is 1.25. The number of aromatic nitrogens is 3. The van der Waals surface area contributed by atoms with Crippen molar-refractivity contribution in [3.8, 4) is 22.8 Å². The standard InChI is InChI=1S/C15H13BrN4O3/c1-7-9(5-12(16)22-7)15-19-13(20-23-15)10-4-8-6-17-3-2-11(8)18-14(10)21/h4-5,17H,2-3,6H2,1H3,(H,18,21). The van der Waals surface area contributed by atoms with Crippen LogP contribution in [0.4, 0.5) is 0 Å². The van der Waals surface area contributed by atoms with Crippen molar-refractivity contribution < 1.29 is 8.94 Å². The number of rotatable bonds is 2. The van der Waals surface area contributed by atoms with E-state index in [0.717, 1.165) is 30.8 Å². The lowest BCUT2D eigenvalue weighted by Gasteiger charge is -2.16. The maximum atomic E-state index is 12.3. The van der Waals surface area contributed by atoms with E-state index >= 15 is 0 Å². The zero-order valence-corrected chi connectivity index (χ0v) is 13.9. The largest absolute Gasteiger partial charge is 0.454 e. The van der Waals surface area contributed by atoms with Crippen LogP contribution in [0.25, 0.3) is 22.8 Å². The Bertz CT molecular complexity index is 941. The van der Waals surface area contributed by atoms with Gasteiger partial charge in [-0.3, -0.25) is 4.79 Å². The number of pyridine rings is 1. The van der Waals surface area contributed by atoms with Crippen molar-refractivity contribution in [3.05, 3.63) is 44.2 Å². The van der Waals surface area contributed by atoms with Crippen LogP contribution in [0, 0.1) is 6.92 Å². The molecule has 0 bridgehead atoms. The summed E-state index contributed by atoms with van der Waals surface area (Å²) in [6.07, 6.45) is 0.810. The fourth-order valence-electron chi connectivity index (χ4n) is 2.70. The summed E-state index contributed by atoms with van der Waals surface area (Å²) < 4.78 is 11.3. The third kappa shape index (κ3) is 2.53. The first kappa shape index (κ1) is 14.4. The SMILES string of the molecule is Cc1oc(Br)cc1-c1nc(-c2cc3c([nH]c2=O)CCNC3)no1. The molecule has 3 aromatic heterocycles. The molecule has 0 amide bonds. The highest BCUT2D eigenvalue weighted by Gasteiger charge is 2.19. The molecular weight excluding hydrogens is 364 g/mol. The second kappa shape index (κ2) is 5.47. The third-order valence-corrected chi connectivity index (χ3v) is 4.26. The Morgan fingerprint density at radius 3 is 2.96 bits per heavy atom. The molecule has 8 heteroatoms. The van der Waals surface area contributed by atoms with Crippen molar-refractivity contribution in [1.82, 2.24) is 20.4 Å². The van der Waals surface area contributed by atoms with Crippen LogP contribution in [-0.2, 0) is 13.0 Å². The Balaban J connectivity index is 1.77. The molecule has 23 heavy (non-hydrogen) atoms. The molecule has 0 radical (unpaired) electrons. The van der Waals surface area contributed by atoms with Crippen LogP contribution in [0.1, 0.15) is 17.0 Å². The molecule has 1 aliphatic heterocycles. The summed E-state index contributed by atoms with van der Waals surface area (Å²) >= 11 is 3.27. The molecule has 0 atom stereocenters. The van der Waals surface area contributed by atoms with Gasteiger partial charge in [-0.2, -0.15) is 4.98 Å². The number of halogens is 1. The second-order valence-electron chi connectivity index (χ2n) is 5.39. The summed E-state index contributed by atoms with van der Waals surface area (Å²) in [6.45, 7) is 3.39. The monoisotopic (exact) mass is 376 g/mol. The quantitative estimate of drug-likeness (QED) is 0.712. The second-order valence-corrected chi connectivity index (χ2v) is 6.17. The molecule has 2 N–H and O–H groups in total. The molecule has 4 rings (SSSR count). The maximum Gasteiger partial charge on any atom is 0.261 e. The molecule has 0 aliphatic carbocycles. The Kier molecular flexibility index (Phi) is 3.42. The molecule has 3 aromatic rings. The minimum atomic E-state index is -0.205. The lowest BCUT2D eigenvalue weighted by Crippen LogP contribution is -2.27. The van der Waals surface area contributed by atoms with Gasteiger partial charge in [-0.05, 0) is 34.5 Å². The van der Waals surface area contributed by atoms with Gasteiger partial charge in [-0.15, -0.1) is 0 Å². The number of aryl methyl sites for hydroxylation is 1. The van der Waals surface area contributed by atoms with Gasteiger partial charge in [-0.25, -0.2) is 0 Å². The van der Waals surface area contributed by atoms with E-state index in [1.54, 1.807) is 13.0 Å². The molecule has 0 spiro atoms. The molecular formula is C15H13BrN4O3. The summed E-state index contributed by atoms with van der Waals surface area (Å²) in [5.41, 5.74) is 2.92. The first-order chi connectivity index (χ1) is 11.1. The Morgan fingerprint density at radius 2 is 2.17 bits per heavy atom. The van der Waals surface area contributed by atoms with Crippen molar-refractivity contribution in [1.29, 1.82) is 0 Å². The molecule has 0 aromatic carbocycles. The number of nitrogens with one attached hydrogen (secondary N) is 2. The van der Waals surface area contributed by atoms with Crippen LogP contribution in [0.15, 0.2) is 30.5 Å². The lowest BCUT2D eigenvalue weighted by atomic mass is 10.0. The highest BCUT2D eigenvalue weighted by molar-refractivity contribution is 9.10. The van der Waals surface area contributed by atoms with Gasteiger partial charge >= 0.3 is 0 Å². The first-order valence-corrected chi connectivity index (χ1v) is 7.97.